The number of nitrogens with zero attached hydrogens (tertiary/aromatic N) is 1. The van der Waals surface area contributed by atoms with Gasteiger partial charge in [0.25, 0.3) is 5.91 Å². The normalized spacial score (nSPS) is 25.9. The summed E-state index contributed by atoms with van der Waals surface area (Å²) in [7, 11) is 1.36. The largest absolute Gasteiger partial charge is 0.503 e. The number of aromatic nitrogens is 1. The summed E-state index contributed by atoms with van der Waals surface area (Å²) < 4.78 is 28.9. The first kappa shape index (κ1) is 27.8. The molecule has 0 saturated carbocycles. The molecule has 1 aliphatic heterocycles. The first-order chi connectivity index (χ1) is 16.0. The predicted octanol–water partition coefficient (Wildman–Crippen LogP) is 2.33. The van der Waals surface area contributed by atoms with Crippen LogP contribution in [0.5, 0.6) is 11.5 Å². The first-order valence-corrected chi connectivity index (χ1v) is 11.6. The molecule has 1 aliphatic rings. The van der Waals surface area contributed by atoms with E-state index in [9.17, 15) is 14.7 Å². The topological polar surface area (TPSA) is 125 Å². The van der Waals surface area contributed by atoms with Crippen LogP contribution in [0.15, 0.2) is 12.3 Å². The van der Waals surface area contributed by atoms with Crippen molar-refractivity contribution >= 4 is 11.9 Å². The lowest BCUT2D eigenvalue weighted by Gasteiger charge is -2.34. The minimum Gasteiger partial charge on any atom is -0.503 e. The lowest BCUT2D eigenvalue weighted by Crippen LogP contribution is -2.48. The third-order valence-electron chi connectivity index (χ3n) is 5.23. The molecule has 0 aromatic carbocycles. The van der Waals surface area contributed by atoms with Gasteiger partial charge < -0.3 is 34.1 Å². The van der Waals surface area contributed by atoms with Crippen molar-refractivity contribution in [3.63, 3.8) is 0 Å². The van der Waals surface area contributed by atoms with Crippen molar-refractivity contribution in [1.82, 2.24) is 10.3 Å². The van der Waals surface area contributed by atoms with Crippen LogP contribution < -0.4 is 10.1 Å². The maximum absolute atomic E-state index is 12.9. The number of carbonyl (C=O) groups excluding carboxylic acids is 2. The molecule has 1 saturated heterocycles. The first-order valence-electron chi connectivity index (χ1n) is 11.6. The van der Waals surface area contributed by atoms with Gasteiger partial charge in [-0.25, -0.2) is 9.78 Å². The van der Waals surface area contributed by atoms with Gasteiger partial charge in [0.2, 0.25) is 0 Å². The number of ether oxygens (including phenoxy) is 5. The molecule has 1 fully saturated rings. The number of hydrogen-bond donors (Lipinski definition) is 2. The van der Waals surface area contributed by atoms with E-state index in [-0.39, 0.29) is 24.0 Å². The monoisotopic (exact) mass is 482 g/mol. The summed E-state index contributed by atoms with van der Waals surface area (Å²) in [6.07, 6.45) is -0.824. The van der Waals surface area contributed by atoms with Gasteiger partial charge in [0.05, 0.1) is 19.8 Å². The summed E-state index contributed by atoms with van der Waals surface area (Å²) in [4.78, 5) is 29.6. The molecular formula is C24H38N2O8. The van der Waals surface area contributed by atoms with Crippen LogP contribution in [0.25, 0.3) is 0 Å². The molecule has 2 N–H and O–H groups in total. The zero-order chi connectivity index (χ0) is 25.4. The molecule has 0 bridgehead atoms. The van der Waals surface area contributed by atoms with Crippen LogP contribution >= 0.6 is 0 Å². The SMILES string of the molecule is COc1ccnc(C(=O)N[C@H]2CO[C@@H](C)[C@H](OCC(C)C)[C@@H](OCC(C)C)[C@H](C)OC2=O)c1O. The number of aromatic hydroxyl groups is 1. The van der Waals surface area contributed by atoms with Crippen LogP contribution in [0.2, 0.25) is 0 Å². The highest BCUT2D eigenvalue weighted by atomic mass is 16.6. The van der Waals surface area contributed by atoms with Gasteiger partial charge in [-0.1, -0.05) is 27.7 Å². The smallest absolute Gasteiger partial charge is 0.331 e. The highest BCUT2D eigenvalue weighted by molar-refractivity contribution is 5.98. The minimum atomic E-state index is -1.13. The number of cyclic esters (lactones) is 1. The number of nitrogens with one attached hydrogen (secondary N) is 1. The number of hydrogen-bond acceptors (Lipinski definition) is 9. The molecule has 2 rings (SSSR count). The van der Waals surface area contributed by atoms with Crippen molar-refractivity contribution in [2.75, 3.05) is 26.9 Å². The average molecular weight is 483 g/mol. The molecule has 0 unspecified atom stereocenters. The predicted molar refractivity (Wildman–Crippen MR) is 124 cm³/mol. The van der Waals surface area contributed by atoms with E-state index in [1.54, 1.807) is 6.92 Å². The van der Waals surface area contributed by atoms with Gasteiger partial charge in [0.1, 0.15) is 18.3 Å². The number of methoxy groups -OCH3 is 1. The zero-order valence-electron chi connectivity index (χ0n) is 21.1. The second-order valence-electron chi connectivity index (χ2n) is 9.30. The molecule has 10 nitrogen and oxygen atoms in total. The van der Waals surface area contributed by atoms with Gasteiger partial charge in [-0.3, -0.25) is 4.79 Å². The Bertz CT molecular complexity index is 816. The Balaban J connectivity index is 2.24. The Hall–Kier alpha value is -2.43. The third kappa shape index (κ3) is 7.54. The standard InChI is InChI=1S/C24H38N2O8/c1-13(2)10-32-21-15(5)31-12-17(24(29)34-16(6)22(21)33-11-14(3)4)26-23(28)19-20(27)18(30-7)8-9-25-19/h8-9,13-17,21-22,27H,10-12H2,1-7H3,(H,26,28)/t15-,16-,17-,21-,22-/m0/s1. The molecule has 10 heteroatoms. The fourth-order valence-corrected chi connectivity index (χ4v) is 3.44. The van der Waals surface area contributed by atoms with Crippen molar-refractivity contribution in [3.05, 3.63) is 18.0 Å². The van der Waals surface area contributed by atoms with Gasteiger partial charge in [-0.15, -0.1) is 0 Å². The average Bonchev–Trinajstić information content (AvgIpc) is 2.80. The Labute approximate surface area is 201 Å². The number of rotatable bonds is 9. The number of esters is 1. The lowest BCUT2D eigenvalue weighted by atomic mass is 10.0. The number of carbonyl (C=O) groups is 2. The minimum absolute atomic E-state index is 0.0889. The lowest BCUT2D eigenvalue weighted by molar-refractivity contribution is -0.177. The zero-order valence-corrected chi connectivity index (χ0v) is 21.1. The highest BCUT2D eigenvalue weighted by Crippen LogP contribution is 2.28. The van der Waals surface area contributed by atoms with Crippen LogP contribution in [-0.2, 0) is 23.7 Å². The maximum Gasteiger partial charge on any atom is 0.331 e. The fourth-order valence-electron chi connectivity index (χ4n) is 3.44. The summed E-state index contributed by atoms with van der Waals surface area (Å²) in [5, 5.41) is 12.8. The van der Waals surface area contributed by atoms with Crippen LogP contribution in [0.1, 0.15) is 52.0 Å². The molecule has 5 atom stereocenters. The van der Waals surface area contributed by atoms with Gasteiger partial charge >= 0.3 is 5.97 Å². The Morgan fingerprint density at radius 2 is 1.74 bits per heavy atom. The van der Waals surface area contributed by atoms with Crippen LogP contribution in [0.4, 0.5) is 0 Å². The molecule has 2 heterocycles. The van der Waals surface area contributed by atoms with E-state index in [4.69, 9.17) is 23.7 Å². The summed E-state index contributed by atoms with van der Waals surface area (Å²) in [5.41, 5.74) is -0.274. The second kappa shape index (κ2) is 12.9. The van der Waals surface area contributed by atoms with Crippen molar-refractivity contribution in [2.45, 2.75) is 72.0 Å². The van der Waals surface area contributed by atoms with E-state index in [2.05, 4.69) is 10.3 Å². The fraction of sp³-hybridized carbons (Fsp3) is 0.708. The number of pyridine rings is 1. The molecule has 0 aliphatic carbocycles. The van der Waals surface area contributed by atoms with Crippen LogP contribution in [-0.4, -0.2) is 79.4 Å². The summed E-state index contributed by atoms with van der Waals surface area (Å²) in [5.74, 6) is -1.22. The molecule has 192 valence electrons. The van der Waals surface area contributed by atoms with Crippen LogP contribution in [0.3, 0.4) is 0 Å². The molecule has 1 amide bonds. The highest BCUT2D eigenvalue weighted by Gasteiger charge is 2.40. The van der Waals surface area contributed by atoms with Crippen molar-refractivity contribution in [1.29, 1.82) is 0 Å². The molecule has 0 spiro atoms. The van der Waals surface area contributed by atoms with Crippen molar-refractivity contribution < 1.29 is 38.4 Å². The van der Waals surface area contributed by atoms with Gasteiger partial charge in [-0.2, -0.15) is 0 Å². The number of amides is 1. The Morgan fingerprint density at radius 1 is 1.15 bits per heavy atom. The summed E-state index contributed by atoms with van der Waals surface area (Å²) in [6, 6.07) is 0.293. The van der Waals surface area contributed by atoms with E-state index in [0.717, 1.165) is 0 Å². The summed E-state index contributed by atoms with van der Waals surface area (Å²) in [6.45, 7) is 12.5. The van der Waals surface area contributed by atoms with E-state index < -0.39 is 48.1 Å². The van der Waals surface area contributed by atoms with Gasteiger partial charge in [0, 0.05) is 25.5 Å². The Kier molecular flexibility index (Phi) is 10.5. The van der Waals surface area contributed by atoms with E-state index >= 15 is 0 Å². The molecule has 0 radical (unpaired) electrons. The van der Waals surface area contributed by atoms with Gasteiger partial charge in [-0.05, 0) is 25.7 Å². The van der Waals surface area contributed by atoms with Crippen molar-refractivity contribution in [3.8, 4) is 11.5 Å². The van der Waals surface area contributed by atoms with Crippen LogP contribution in [0, 0.1) is 11.8 Å². The van der Waals surface area contributed by atoms with Gasteiger partial charge in [0.15, 0.2) is 23.2 Å². The second-order valence-corrected chi connectivity index (χ2v) is 9.30. The molecular weight excluding hydrogens is 444 g/mol. The molecule has 1 aromatic rings. The van der Waals surface area contributed by atoms with Crippen molar-refractivity contribution in [2.24, 2.45) is 11.8 Å². The van der Waals surface area contributed by atoms with E-state index in [0.29, 0.717) is 19.1 Å². The Morgan fingerprint density at radius 3 is 2.29 bits per heavy atom. The summed E-state index contributed by atoms with van der Waals surface area (Å²) >= 11 is 0. The maximum atomic E-state index is 12.9. The quantitative estimate of drug-likeness (QED) is 0.510. The third-order valence-corrected chi connectivity index (χ3v) is 5.23. The van der Waals surface area contributed by atoms with E-state index in [1.807, 2.05) is 34.6 Å². The molecule has 34 heavy (non-hydrogen) atoms. The van der Waals surface area contributed by atoms with E-state index in [1.165, 1.54) is 19.4 Å². The molecule has 1 aromatic heterocycles.